The van der Waals surface area contributed by atoms with Crippen LogP contribution < -0.4 is 5.32 Å². The van der Waals surface area contributed by atoms with Crippen molar-refractivity contribution in [2.24, 2.45) is 0 Å². The molecule has 0 aliphatic carbocycles. The first-order chi connectivity index (χ1) is 8.16. The fraction of sp³-hybridized carbons (Fsp3) is 0.200. The van der Waals surface area contributed by atoms with Gasteiger partial charge >= 0.3 is 0 Å². The number of rotatable bonds is 4. The molecular weight excluding hydrogens is 240 g/mol. The van der Waals surface area contributed by atoms with Crippen LogP contribution in [0.5, 0.6) is 0 Å². The lowest BCUT2D eigenvalue weighted by molar-refractivity contribution is -0.385. The number of hydrogen-bond donors (Lipinski definition) is 1. The summed E-state index contributed by atoms with van der Waals surface area (Å²) in [5.41, 5.74) is 0.742. The Kier molecular flexibility index (Phi) is 3.29. The molecule has 17 heavy (non-hydrogen) atoms. The Bertz CT molecular complexity index is 541. The third-order valence-corrected chi connectivity index (χ3v) is 2.91. The second kappa shape index (κ2) is 4.88. The van der Waals surface area contributed by atoms with Crippen LogP contribution in [0.25, 0.3) is 0 Å². The normalized spacial score (nSPS) is 10.2. The molecule has 1 aromatic heterocycles. The third kappa shape index (κ3) is 2.76. The van der Waals surface area contributed by atoms with Gasteiger partial charge in [0.1, 0.15) is 5.82 Å². The molecule has 88 valence electrons. The average molecular weight is 250 g/mol. The van der Waals surface area contributed by atoms with Crippen molar-refractivity contribution in [1.82, 2.24) is 9.36 Å². The summed E-state index contributed by atoms with van der Waals surface area (Å²) in [5.74, 6) is 0.695. The molecule has 0 bridgehead atoms. The first kappa shape index (κ1) is 11.5. The zero-order chi connectivity index (χ0) is 12.3. The molecule has 1 heterocycles. The first-order valence-corrected chi connectivity index (χ1v) is 5.70. The Morgan fingerprint density at radius 3 is 2.88 bits per heavy atom. The van der Waals surface area contributed by atoms with E-state index >= 15 is 0 Å². The van der Waals surface area contributed by atoms with E-state index in [1.807, 2.05) is 0 Å². The smallest absolute Gasteiger partial charge is 0.274 e. The molecule has 0 spiro atoms. The molecule has 0 unspecified atom stereocenters. The molecule has 7 heteroatoms. The van der Waals surface area contributed by atoms with Gasteiger partial charge in [0, 0.05) is 29.7 Å². The van der Waals surface area contributed by atoms with E-state index in [4.69, 9.17) is 0 Å². The van der Waals surface area contributed by atoms with Crippen LogP contribution >= 0.6 is 11.5 Å². The average Bonchev–Trinajstić information content (AvgIpc) is 2.73. The van der Waals surface area contributed by atoms with Gasteiger partial charge in [0.15, 0.2) is 0 Å². The highest BCUT2D eigenvalue weighted by molar-refractivity contribution is 7.09. The van der Waals surface area contributed by atoms with Gasteiger partial charge in [0.05, 0.1) is 4.92 Å². The highest BCUT2D eigenvalue weighted by Crippen LogP contribution is 2.19. The number of nitro benzene ring substituents is 1. The minimum absolute atomic E-state index is 0.112. The summed E-state index contributed by atoms with van der Waals surface area (Å²) in [5, 5.41) is 14.5. The lowest BCUT2D eigenvalue weighted by atomic mass is 10.2. The standard InChI is InChI=1S/C10H10N4O2S/c1-7-12-10(17-13-7)11-6-8-4-2-3-5-9(8)14(15)16/h2-5H,6H2,1H3,(H,11,12,13). The number of aromatic nitrogens is 2. The summed E-state index contributed by atoms with van der Waals surface area (Å²) in [4.78, 5) is 14.5. The van der Waals surface area contributed by atoms with Gasteiger partial charge in [-0.05, 0) is 6.92 Å². The molecule has 0 saturated heterocycles. The monoisotopic (exact) mass is 250 g/mol. The number of nitro groups is 1. The van der Waals surface area contributed by atoms with Crippen LogP contribution in [0.1, 0.15) is 11.4 Å². The van der Waals surface area contributed by atoms with Crippen molar-refractivity contribution in [2.45, 2.75) is 13.5 Å². The third-order valence-electron chi connectivity index (χ3n) is 2.15. The Morgan fingerprint density at radius 2 is 2.24 bits per heavy atom. The van der Waals surface area contributed by atoms with Gasteiger partial charge in [0.25, 0.3) is 5.69 Å². The van der Waals surface area contributed by atoms with E-state index in [1.54, 1.807) is 25.1 Å². The van der Waals surface area contributed by atoms with Gasteiger partial charge in [-0.1, -0.05) is 18.2 Å². The van der Waals surface area contributed by atoms with E-state index < -0.39 is 0 Å². The highest BCUT2D eigenvalue weighted by Gasteiger charge is 2.12. The van der Waals surface area contributed by atoms with Crippen LogP contribution in [0.3, 0.4) is 0 Å². The van der Waals surface area contributed by atoms with Gasteiger partial charge in [-0.25, -0.2) is 4.98 Å². The Morgan fingerprint density at radius 1 is 1.47 bits per heavy atom. The van der Waals surface area contributed by atoms with Crippen LogP contribution in [-0.4, -0.2) is 14.3 Å². The van der Waals surface area contributed by atoms with E-state index in [0.29, 0.717) is 23.1 Å². The van der Waals surface area contributed by atoms with Crippen molar-refractivity contribution in [2.75, 3.05) is 5.32 Å². The maximum atomic E-state index is 10.8. The zero-order valence-electron chi connectivity index (χ0n) is 9.08. The molecule has 2 aromatic rings. The second-order valence-electron chi connectivity index (χ2n) is 3.39. The SMILES string of the molecule is Cc1nsc(NCc2ccccc2[N+](=O)[O-])n1. The number of aryl methyl sites for hydroxylation is 1. The molecule has 1 N–H and O–H groups in total. The Labute approximate surface area is 102 Å². The van der Waals surface area contributed by atoms with Crippen LogP contribution in [0, 0.1) is 17.0 Å². The number of anilines is 1. The Balaban J connectivity index is 2.11. The van der Waals surface area contributed by atoms with Crippen LogP contribution in [-0.2, 0) is 6.54 Å². The first-order valence-electron chi connectivity index (χ1n) is 4.93. The van der Waals surface area contributed by atoms with Gasteiger partial charge in [-0.15, -0.1) is 0 Å². The van der Waals surface area contributed by atoms with Gasteiger partial charge < -0.3 is 5.32 Å². The van der Waals surface area contributed by atoms with Crippen molar-refractivity contribution in [3.63, 3.8) is 0 Å². The number of para-hydroxylation sites is 1. The van der Waals surface area contributed by atoms with Gasteiger partial charge in [-0.3, -0.25) is 10.1 Å². The van der Waals surface area contributed by atoms with Crippen molar-refractivity contribution in [3.8, 4) is 0 Å². The van der Waals surface area contributed by atoms with Crippen molar-refractivity contribution >= 4 is 22.4 Å². The molecule has 2 rings (SSSR count). The summed E-state index contributed by atoms with van der Waals surface area (Å²) in [7, 11) is 0. The maximum absolute atomic E-state index is 10.8. The van der Waals surface area contributed by atoms with Crippen LogP contribution in [0.2, 0.25) is 0 Å². The van der Waals surface area contributed by atoms with Crippen LogP contribution in [0.4, 0.5) is 10.8 Å². The van der Waals surface area contributed by atoms with Gasteiger partial charge in [0.2, 0.25) is 5.13 Å². The summed E-state index contributed by atoms with van der Waals surface area (Å²) >= 11 is 1.24. The minimum Gasteiger partial charge on any atom is -0.356 e. The summed E-state index contributed by atoms with van der Waals surface area (Å²) in [6.45, 7) is 2.17. The molecule has 0 aliphatic rings. The Hall–Kier alpha value is -2.02. The molecule has 0 amide bonds. The number of hydrogen-bond acceptors (Lipinski definition) is 6. The molecule has 0 aliphatic heterocycles. The zero-order valence-corrected chi connectivity index (χ0v) is 9.90. The van der Waals surface area contributed by atoms with E-state index in [0.717, 1.165) is 0 Å². The molecule has 1 aromatic carbocycles. The summed E-state index contributed by atoms with van der Waals surface area (Å²) in [6, 6.07) is 6.63. The van der Waals surface area contributed by atoms with Crippen LogP contribution in [0.15, 0.2) is 24.3 Å². The van der Waals surface area contributed by atoms with Crippen molar-refractivity contribution < 1.29 is 4.92 Å². The van der Waals surface area contributed by atoms with Gasteiger partial charge in [-0.2, -0.15) is 4.37 Å². The summed E-state index contributed by atoms with van der Waals surface area (Å²) < 4.78 is 4.02. The molecule has 0 fully saturated rings. The van der Waals surface area contributed by atoms with E-state index in [2.05, 4.69) is 14.7 Å². The minimum atomic E-state index is -0.387. The predicted molar refractivity (Wildman–Crippen MR) is 65.1 cm³/mol. The maximum Gasteiger partial charge on any atom is 0.274 e. The van der Waals surface area contributed by atoms with E-state index in [1.165, 1.54) is 17.6 Å². The molecule has 0 saturated carbocycles. The molecule has 0 radical (unpaired) electrons. The quantitative estimate of drug-likeness (QED) is 0.665. The lowest BCUT2D eigenvalue weighted by Gasteiger charge is -2.03. The molecule has 0 atom stereocenters. The number of nitrogens with zero attached hydrogens (tertiary/aromatic N) is 3. The second-order valence-corrected chi connectivity index (χ2v) is 4.14. The fourth-order valence-corrected chi connectivity index (χ4v) is 1.95. The highest BCUT2D eigenvalue weighted by atomic mass is 32.1. The number of benzene rings is 1. The fourth-order valence-electron chi connectivity index (χ4n) is 1.38. The van der Waals surface area contributed by atoms with Crippen molar-refractivity contribution in [1.29, 1.82) is 0 Å². The number of nitrogens with one attached hydrogen (secondary N) is 1. The molecular formula is C10H10N4O2S. The molecule has 6 nitrogen and oxygen atoms in total. The topological polar surface area (TPSA) is 81.0 Å². The summed E-state index contributed by atoms with van der Waals surface area (Å²) in [6.07, 6.45) is 0. The largest absolute Gasteiger partial charge is 0.356 e. The van der Waals surface area contributed by atoms with E-state index in [9.17, 15) is 10.1 Å². The van der Waals surface area contributed by atoms with Crippen molar-refractivity contribution in [3.05, 3.63) is 45.8 Å². The van der Waals surface area contributed by atoms with E-state index in [-0.39, 0.29) is 10.6 Å². The predicted octanol–water partition coefficient (Wildman–Crippen LogP) is 2.37. The lowest BCUT2D eigenvalue weighted by Crippen LogP contribution is -2.02.